The Labute approximate surface area is 199 Å². The molecule has 31 heavy (non-hydrogen) atoms. The van der Waals surface area contributed by atoms with Gasteiger partial charge in [-0.15, -0.1) is 24.0 Å². The molecule has 1 unspecified atom stereocenters. The van der Waals surface area contributed by atoms with E-state index in [4.69, 9.17) is 4.74 Å². The van der Waals surface area contributed by atoms with Gasteiger partial charge in [0.15, 0.2) is 17.5 Å². The van der Waals surface area contributed by atoms with Crippen LogP contribution in [0.3, 0.4) is 0 Å². The molecule has 0 aliphatic carbocycles. The van der Waals surface area contributed by atoms with Crippen LogP contribution >= 0.6 is 24.0 Å². The topological polar surface area (TPSA) is 72.7 Å². The van der Waals surface area contributed by atoms with Crippen molar-refractivity contribution in [2.75, 3.05) is 20.7 Å². The van der Waals surface area contributed by atoms with Crippen molar-refractivity contribution in [3.05, 3.63) is 40.7 Å². The molecule has 1 heterocycles. The van der Waals surface area contributed by atoms with Crippen LogP contribution in [-0.2, 0) is 19.9 Å². The van der Waals surface area contributed by atoms with E-state index < -0.39 is 6.61 Å². The minimum absolute atomic E-state index is 0. The predicted molar refractivity (Wildman–Crippen MR) is 129 cm³/mol. The summed E-state index contributed by atoms with van der Waals surface area (Å²) in [4.78, 5) is 4.26. The molecule has 1 aromatic carbocycles. The smallest absolute Gasteiger partial charge is 0.387 e. The molecule has 0 saturated heterocycles. The SMILES string of the molecule is CN=C(NCCc1ccc(OC)c(OC(F)F)c1)NC(C)Cc1c(C)nn(C)c1C.I. The number of nitrogens with one attached hydrogen (secondary N) is 2. The maximum Gasteiger partial charge on any atom is 0.387 e. The number of nitrogens with zero attached hydrogens (tertiary/aromatic N) is 3. The first kappa shape index (κ1) is 26.9. The number of aryl methyl sites for hydroxylation is 2. The van der Waals surface area contributed by atoms with Crippen molar-refractivity contribution in [2.24, 2.45) is 12.0 Å². The van der Waals surface area contributed by atoms with Gasteiger partial charge in [0.25, 0.3) is 0 Å². The van der Waals surface area contributed by atoms with Crippen LogP contribution in [0.4, 0.5) is 8.78 Å². The molecule has 0 amide bonds. The summed E-state index contributed by atoms with van der Waals surface area (Å²) in [5.41, 5.74) is 4.28. The Hall–Kier alpha value is -2.11. The van der Waals surface area contributed by atoms with E-state index in [0.29, 0.717) is 18.9 Å². The molecule has 2 N–H and O–H groups in total. The highest BCUT2D eigenvalue weighted by Crippen LogP contribution is 2.29. The second kappa shape index (κ2) is 12.7. The minimum Gasteiger partial charge on any atom is -0.493 e. The number of benzene rings is 1. The molecule has 0 saturated carbocycles. The fraction of sp³-hybridized carbons (Fsp3) is 0.524. The van der Waals surface area contributed by atoms with Crippen LogP contribution in [0.15, 0.2) is 23.2 Å². The lowest BCUT2D eigenvalue weighted by atomic mass is 10.1. The zero-order chi connectivity index (χ0) is 22.3. The van der Waals surface area contributed by atoms with E-state index in [1.165, 1.54) is 12.7 Å². The molecule has 0 spiro atoms. The van der Waals surface area contributed by atoms with Crippen molar-refractivity contribution >= 4 is 29.9 Å². The lowest BCUT2D eigenvalue weighted by molar-refractivity contribution is -0.0512. The van der Waals surface area contributed by atoms with Crippen molar-refractivity contribution in [1.29, 1.82) is 0 Å². The van der Waals surface area contributed by atoms with Crippen molar-refractivity contribution in [1.82, 2.24) is 20.4 Å². The lowest BCUT2D eigenvalue weighted by Crippen LogP contribution is -2.43. The Bertz CT molecular complexity index is 874. The number of guanidine groups is 1. The van der Waals surface area contributed by atoms with E-state index in [2.05, 4.69) is 39.3 Å². The van der Waals surface area contributed by atoms with E-state index in [9.17, 15) is 8.78 Å². The molecule has 0 radical (unpaired) electrons. The number of hydrogen-bond acceptors (Lipinski definition) is 4. The van der Waals surface area contributed by atoms with E-state index in [0.717, 1.165) is 23.4 Å². The first-order valence-electron chi connectivity index (χ1n) is 9.83. The average Bonchev–Trinajstić information content (AvgIpc) is 2.93. The Morgan fingerprint density at radius 2 is 1.97 bits per heavy atom. The summed E-state index contributed by atoms with van der Waals surface area (Å²) in [5, 5.41) is 11.1. The molecular weight excluding hydrogens is 519 g/mol. The Morgan fingerprint density at radius 1 is 1.26 bits per heavy atom. The van der Waals surface area contributed by atoms with Gasteiger partial charge in [0.2, 0.25) is 0 Å². The van der Waals surface area contributed by atoms with Gasteiger partial charge < -0.3 is 20.1 Å². The summed E-state index contributed by atoms with van der Waals surface area (Å²) < 4.78 is 36.7. The van der Waals surface area contributed by atoms with Crippen LogP contribution in [0.2, 0.25) is 0 Å². The average molecular weight is 551 g/mol. The number of alkyl halides is 2. The van der Waals surface area contributed by atoms with Crippen LogP contribution in [-0.4, -0.2) is 49.1 Å². The third-order valence-corrected chi connectivity index (χ3v) is 4.93. The standard InChI is InChI=1S/C21H31F2N5O2.HI/c1-13(11-17-14(2)27-28(5)15(17)3)26-21(24-4)25-10-9-16-7-8-18(29-6)19(12-16)30-20(22)23;/h7-8,12-13,20H,9-11H2,1-6H3,(H2,24,25,26);1H. The minimum atomic E-state index is -2.90. The van der Waals surface area contributed by atoms with Gasteiger partial charge in [-0.3, -0.25) is 9.67 Å². The van der Waals surface area contributed by atoms with Crippen molar-refractivity contribution in [2.45, 2.75) is 46.3 Å². The van der Waals surface area contributed by atoms with Crippen LogP contribution < -0.4 is 20.1 Å². The summed E-state index contributed by atoms with van der Waals surface area (Å²) in [6, 6.07) is 5.18. The van der Waals surface area contributed by atoms with E-state index in [1.807, 2.05) is 24.7 Å². The fourth-order valence-corrected chi connectivity index (χ4v) is 3.29. The molecule has 7 nitrogen and oxygen atoms in total. The molecule has 10 heteroatoms. The molecule has 0 aliphatic heterocycles. The number of hydrogen-bond donors (Lipinski definition) is 2. The highest BCUT2D eigenvalue weighted by molar-refractivity contribution is 14.0. The number of aromatic nitrogens is 2. The van der Waals surface area contributed by atoms with E-state index in [-0.39, 0.29) is 41.5 Å². The molecule has 1 aromatic heterocycles. The molecule has 0 bridgehead atoms. The van der Waals surface area contributed by atoms with Gasteiger partial charge in [-0.1, -0.05) is 6.07 Å². The number of methoxy groups -OCH3 is 1. The fourth-order valence-electron chi connectivity index (χ4n) is 3.29. The largest absolute Gasteiger partial charge is 0.493 e. The van der Waals surface area contributed by atoms with Gasteiger partial charge >= 0.3 is 6.61 Å². The maximum atomic E-state index is 12.6. The Balaban J connectivity index is 0.00000480. The lowest BCUT2D eigenvalue weighted by Gasteiger charge is -2.18. The van der Waals surface area contributed by atoms with Gasteiger partial charge in [-0.05, 0) is 56.9 Å². The van der Waals surface area contributed by atoms with Crippen molar-refractivity contribution in [3.8, 4) is 11.5 Å². The monoisotopic (exact) mass is 551 g/mol. The Morgan fingerprint density at radius 3 is 2.52 bits per heavy atom. The van der Waals surface area contributed by atoms with Gasteiger partial charge in [0.1, 0.15) is 0 Å². The highest BCUT2D eigenvalue weighted by Gasteiger charge is 2.14. The summed E-state index contributed by atoms with van der Waals surface area (Å²) in [5.74, 6) is 0.988. The second-order valence-corrected chi connectivity index (χ2v) is 7.14. The number of ether oxygens (including phenoxy) is 2. The van der Waals surface area contributed by atoms with E-state index in [1.54, 1.807) is 19.2 Å². The summed E-state index contributed by atoms with van der Waals surface area (Å²) in [6.45, 7) is 3.86. The zero-order valence-corrected chi connectivity index (χ0v) is 21.2. The van der Waals surface area contributed by atoms with Gasteiger partial charge in [0, 0.05) is 32.4 Å². The number of aliphatic imine (C=N–C) groups is 1. The second-order valence-electron chi connectivity index (χ2n) is 7.14. The molecule has 1 atom stereocenters. The van der Waals surface area contributed by atoms with Gasteiger partial charge in [-0.25, -0.2) is 0 Å². The molecular formula is C21H32F2IN5O2. The normalized spacial score (nSPS) is 12.4. The first-order chi connectivity index (χ1) is 14.2. The third-order valence-electron chi connectivity index (χ3n) is 4.93. The summed E-state index contributed by atoms with van der Waals surface area (Å²) >= 11 is 0. The third kappa shape index (κ3) is 7.82. The zero-order valence-electron chi connectivity index (χ0n) is 18.8. The quantitative estimate of drug-likeness (QED) is 0.283. The van der Waals surface area contributed by atoms with Crippen LogP contribution in [0.5, 0.6) is 11.5 Å². The predicted octanol–water partition coefficient (Wildman–Crippen LogP) is 3.60. The first-order valence-corrected chi connectivity index (χ1v) is 9.83. The molecule has 0 fully saturated rings. The maximum absolute atomic E-state index is 12.6. The van der Waals surface area contributed by atoms with Gasteiger partial charge in [0.05, 0.1) is 12.8 Å². The molecule has 2 aromatic rings. The highest BCUT2D eigenvalue weighted by atomic mass is 127. The molecule has 2 rings (SSSR count). The van der Waals surface area contributed by atoms with Crippen LogP contribution in [0.1, 0.15) is 29.4 Å². The van der Waals surface area contributed by atoms with Crippen LogP contribution in [0, 0.1) is 13.8 Å². The summed E-state index contributed by atoms with van der Waals surface area (Å²) in [6.07, 6.45) is 1.44. The molecule has 0 aliphatic rings. The molecule has 174 valence electrons. The van der Waals surface area contributed by atoms with Crippen molar-refractivity contribution < 1.29 is 18.3 Å². The van der Waals surface area contributed by atoms with Crippen molar-refractivity contribution in [3.63, 3.8) is 0 Å². The van der Waals surface area contributed by atoms with Crippen LogP contribution in [0.25, 0.3) is 0 Å². The number of rotatable bonds is 9. The Kier molecular flexibility index (Phi) is 11.0. The summed E-state index contributed by atoms with van der Waals surface area (Å²) in [7, 11) is 5.08. The van der Waals surface area contributed by atoms with Gasteiger partial charge in [-0.2, -0.15) is 13.9 Å². The van der Waals surface area contributed by atoms with E-state index >= 15 is 0 Å². The number of halogens is 3.